The van der Waals surface area contributed by atoms with Gasteiger partial charge in [-0.2, -0.15) is 11.8 Å². The first kappa shape index (κ1) is 12.8. The first-order valence-corrected chi connectivity index (χ1v) is 6.56. The van der Waals surface area contributed by atoms with Gasteiger partial charge in [0.1, 0.15) is 0 Å². The Kier molecular flexibility index (Phi) is 4.46. The summed E-state index contributed by atoms with van der Waals surface area (Å²) in [5, 5.41) is 0. The van der Waals surface area contributed by atoms with E-state index in [0.717, 1.165) is 25.3 Å². The van der Waals surface area contributed by atoms with Gasteiger partial charge in [0.15, 0.2) is 0 Å². The lowest BCUT2D eigenvalue weighted by Gasteiger charge is -2.37. The average molecular weight is 230 g/mol. The van der Waals surface area contributed by atoms with E-state index in [1.807, 2.05) is 23.6 Å². The molecule has 0 aromatic carbocycles. The first-order valence-electron chi connectivity index (χ1n) is 5.58. The molecule has 15 heavy (non-hydrogen) atoms. The number of carbonyl (C=O) groups is 1. The fourth-order valence-corrected chi connectivity index (χ4v) is 2.85. The second-order valence-electron chi connectivity index (χ2n) is 4.94. The normalized spacial score (nSPS) is 22.5. The van der Waals surface area contributed by atoms with Crippen LogP contribution in [0, 0.1) is 0 Å². The van der Waals surface area contributed by atoms with Crippen LogP contribution in [0.1, 0.15) is 33.6 Å². The Morgan fingerprint density at radius 3 is 2.80 bits per heavy atom. The van der Waals surface area contributed by atoms with Crippen LogP contribution in [0.4, 0.5) is 0 Å². The van der Waals surface area contributed by atoms with Crippen LogP contribution < -0.4 is 5.73 Å². The van der Waals surface area contributed by atoms with E-state index in [9.17, 15) is 4.79 Å². The van der Waals surface area contributed by atoms with Gasteiger partial charge < -0.3 is 10.6 Å². The lowest BCUT2D eigenvalue weighted by Crippen LogP contribution is -2.46. The highest BCUT2D eigenvalue weighted by Crippen LogP contribution is 2.29. The number of thioether (sulfide) groups is 1. The third-order valence-corrected chi connectivity index (χ3v) is 3.89. The maximum atomic E-state index is 11.9. The minimum Gasteiger partial charge on any atom is -0.341 e. The maximum Gasteiger partial charge on any atom is 0.222 e. The number of hydrogen-bond acceptors (Lipinski definition) is 3. The van der Waals surface area contributed by atoms with Gasteiger partial charge in [-0.25, -0.2) is 0 Å². The molecule has 1 rings (SSSR count). The molecule has 0 aromatic rings. The largest absolute Gasteiger partial charge is 0.341 e. The molecule has 2 N–H and O–H groups in total. The van der Waals surface area contributed by atoms with Gasteiger partial charge in [0.25, 0.3) is 0 Å². The van der Waals surface area contributed by atoms with Crippen LogP contribution in [0.5, 0.6) is 0 Å². The molecule has 1 fully saturated rings. The van der Waals surface area contributed by atoms with Crippen molar-refractivity contribution in [2.24, 2.45) is 5.73 Å². The lowest BCUT2D eigenvalue weighted by atomic mass is 10.1. The molecule has 0 spiro atoms. The van der Waals surface area contributed by atoms with Crippen molar-refractivity contribution >= 4 is 17.7 Å². The van der Waals surface area contributed by atoms with Crippen molar-refractivity contribution in [1.82, 2.24) is 4.90 Å². The van der Waals surface area contributed by atoms with Crippen molar-refractivity contribution < 1.29 is 4.79 Å². The molecule has 4 heteroatoms. The highest BCUT2D eigenvalue weighted by molar-refractivity contribution is 8.00. The van der Waals surface area contributed by atoms with Gasteiger partial charge in [-0.15, -0.1) is 0 Å². The molecule has 88 valence electrons. The molecule has 0 bridgehead atoms. The van der Waals surface area contributed by atoms with E-state index < -0.39 is 0 Å². The number of carbonyl (C=O) groups excluding carboxylic acids is 1. The van der Waals surface area contributed by atoms with Crippen LogP contribution in [0.15, 0.2) is 0 Å². The molecule has 0 radical (unpaired) electrons. The number of rotatable bonds is 3. The zero-order valence-corrected chi connectivity index (χ0v) is 10.8. The summed E-state index contributed by atoms with van der Waals surface area (Å²) in [4.78, 5) is 13.8. The van der Waals surface area contributed by atoms with E-state index in [-0.39, 0.29) is 16.7 Å². The van der Waals surface area contributed by atoms with Crippen molar-refractivity contribution in [3.8, 4) is 0 Å². The molecule has 0 aliphatic carbocycles. The molecule has 3 nitrogen and oxygen atoms in total. The summed E-state index contributed by atoms with van der Waals surface area (Å²) in [6.45, 7) is 8.11. The molecule has 0 saturated carbocycles. The zero-order valence-electron chi connectivity index (χ0n) is 9.95. The predicted molar refractivity (Wildman–Crippen MR) is 66.0 cm³/mol. The van der Waals surface area contributed by atoms with Gasteiger partial charge in [-0.1, -0.05) is 0 Å². The van der Waals surface area contributed by atoms with Gasteiger partial charge in [-0.05, 0) is 27.2 Å². The molecule has 1 atom stereocenters. The van der Waals surface area contributed by atoms with Crippen LogP contribution in [0.25, 0.3) is 0 Å². The van der Waals surface area contributed by atoms with Crippen LogP contribution in [-0.2, 0) is 4.79 Å². The third kappa shape index (κ3) is 4.43. The lowest BCUT2D eigenvalue weighted by molar-refractivity contribution is -0.131. The summed E-state index contributed by atoms with van der Waals surface area (Å²) < 4.78 is 0.211. The predicted octanol–water partition coefficient (Wildman–Crippen LogP) is 1.47. The Hall–Kier alpha value is -0.220. The van der Waals surface area contributed by atoms with Crippen LogP contribution in [0.2, 0.25) is 0 Å². The molecule has 1 unspecified atom stereocenters. The molecule has 1 aliphatic rings. The Labute approximate surface area is 96.8 Å². The van der Waals surface area contributed by atoms with E-state index in [1.165, 1.54) is 0 Å². The summed E-state index contributed by atoms with van der Waals surface area (Å²) in [6, 6.07) is 0.126. The minimum absolute atomic E-state index is 0.126. The van der Waals surface area contributed by atoms with Crippen molar-refractivity contribution in [3.63, 3.8) is 0 Å². The summed E-state index contributed by atoms with van der Waals surface area (Å²) in [5.74, 6) is 1.32. The Morgan fingerprint density at radius 2 is 2.27 bits per heavy atom. The summed E-state index contributed by atoms with van der Waals surface area (Å²) in [6.07, 6.45) is 1.39. The van der Waals surface area contributed by atoms with Gasteiger partial charge in [-0.3, -0.25) is 4.79 Å². The third-order valence-electron chi connectivity index (χ3n) is 2.59. The number of nitrogens with zero attached hydrogens (tertiary/aromatic N) is 1. The van der Waals surface area contributed by atoms with E-state index in [2.05, 4.69) is 13.8 Å². The maximum absolute atomic E-state index is 11.9. The average Bonchev–Trinajstić information content (AvgIpc) is 2.12. The summed E-state index contributed by atoms with van der Waals surface area (Å²) in [7, 11) is 0. The van der Waals surface area contributed by atoms with Crippen LogP contribution in [-0.4, -0.2) is 40.4 Å². The van der Waals surface area contributed by atoms with Gasteiger partial charge in [0.05, 0.1) is 0 Å². The SMILES string of the molecule is CC(N)CCC(=O)N1CCSC(C)(C)C1. The molecule has 1 aliphatic heterocycles. The van der Waals surface area contributed by atoms with Crippen LogP contribution in [0.3, 0.4) is 0 Å². The second-order valence-corrected chi connectivity index (χ2v) is 6.74. The van der Waals surface area contributed by atoms with Crippen molar-refractivity contribution in [3.05, 3.63) is 0 Å². The van der Waals surface area contributed by atoms with Gasteiger partial charge in [0.2, 0.25) is 5.91 Å². The highest BCUT2D eigenvalue weighted by Gasteiger charge is 2.29. The Morgan fingerprint density at radius 1 is 1.60 bits per heavy atom. The smallest absolute Gasteiger partial charge is 0.222 e. The molecule has 1 saturated heterocycles. The quantitative estimate of drug-likeness (QED) is 0.798. The van der Waals surface area contributed by atoms with E-state index in [0.29, 0.717) is 6.42 Å². The first-order chi connectivity index (χ1) is 6.91. The number of nitrogens with two attached hydrogens (primary N) is 1. The minimum atomic E-state index is 0.126. The Balaban J connectivity index is 2.39. The van der Waals surface area contributed by atoms with Crippen molar-refractivity contribution in [2.75, 3.05) is 18.8 Å². The highest BCUT2D eigenvalue weighted by atomic mass is 32.2. The molecule has 1 amide bonds. The topological polar surface area (TPSA) is 46.3 Å². The Bertz CT molecular complexity index is 229. The van der Waals surface area contributed by atoms with Gasteiger partial charge >= 0.3 is 0 Å². The fourth-order valence-electron chi connectivity index (χ4n) is 1.74. The van der Waals surface area contributed by atoms with Crippen molar-refractivity contribution in [2.45, 2.75) is 44.4 Å². The standard InChI is InChI=1S/C11H22N2OS/c1-9(12)4-5-10(14)13-6-7-15-11(2,3)8-13/h9H,4-8,12H2,1-3H3. The number of amides is 1. The fraction of sp³-hybridized carbons (Fsp3) is 0.909. The van der Waals surface area contributed by atoms with Gasteiger partial charge in [0, 0.05) is 36.1 Å². The second kappa shape index (κ2) is 5.21. The monoisotopic (exact) mass is 230 g/mol. The van der Waals surface area contributed by atoms with Crippen molar-refractivity contribution in [1.29, 1.82) is 0 Å². The molecule has 1 heterocycles. The van der Waals surface area contributed by atoms with E-state index in [1.54, 1.807) is 0 Å². The molecule has 0 aromatic heterocycles. The van der Waals surface area contributed by atoms with E-state index in [4.69, 9.17) is 5.73 Å². The summed E-state index contributed by atoms with van der Waals surface area (Å²) >= 11 is 1.95. The molecular formula is C11H22N2OS. The zero-order chi connectivity index (χ0) is 11.5. The van der Waals surface area contributed by atoms with E-state index >= 15 is 0 Å². The molecular weight excluding hydrogens is 208 g/mol. The number of hydrogen-bond donors (Lipinski definition) is 1. The van der Waals surface area contributed by atoms with Crippen LogP contribution >= 0.6 is 11.8 Å². The summed E-state index contributed by atoms with van der Waals surface area (Å²) in [5.41, 5.74) is 5.65.